The summed E-state index contributed by atoms with van der Waals surface area (Å²) in [6.07, 6.45) is 7.67. The number of para-hydroxylation sites is 1. The summed E-state index contributed by atoms with van der Waals surface area (Å²) in [6, 6.07) is 14.7. The second kappa shape index (κ2) is 14.9. The third-order valence-corrected chi connectivity index (χ3v) is 13.0. The Balaban J connectivity index is 1.14. The van der Waals surface area contributed by atoms with E-state index in [9.17, 15) is 27.6 Å². The molecule has 294 valence electrons. The number of hydrogen-bond acceptors (Lipinski definition) is 10. The lowest BCUT2D eigenvalue weighted by Gasteiger charge is -2.29. The number of benzene rings is 2. The maximum Gasteiger partial charge on any atom is 0.259 e. The lowest BCUT2D eigenvalue weighted by molar-refractivity contribution is -0.142. The fraction of sp³-hybridized carbons (Fsp3) is 0.439. The minimum Gasteiger partial charge on any atom is -0.497 e. The van der Waals surface area contributed by atoms with E-state index < -0.39 is 62.6 Å². The van der Waals surface area contributed by atoms with Crippen molar-refractivity contribution in [2.45, 2.75) is 93.7 Å². The number of methoxy groups -OCH3 is 1. The van der Waals surface area contributed by atoms with Crippen LogP contribution in [0.5, 0.6) is 11.5 Å². The van der Waals surface area contributed by atoms with Crippen molar-refractivity contribution in [1.29, 1.82) is 0 Å². The molecule has 4 aromatic rings. The molecule has 2 aromatic heterocycles. The third-order valence-electron chi connectivity index (χ3n) is 11.2. The van der Waals surface area contributed by atoms with E-state index in [-0.39, 0.29) is 25.3 Å². The van der Waals surface area contributed by atoms with Crippen LogP contribution >= 0.6 is 0 Å². The Labute approximate surface area is 324 Å². The molecule has 1 saturated heterocycles. The molecule has 2 saturated carbocycles. The van der Waals surface area contributed by atoms with Gasteiger partial charge < -0.3 is 29.4 Å². The number of hydrogen-bond donors (Lipinski definition) is 3. The molecule has 0 radical (unpaired) electrons. The Morgan fingerprint density at radius 3 is 2.57 bits per heavy atom. The molecule has 15 heteroatoms. The first-order valence-corrected chi connectivity index (χ1v) is 20.8. The zero-order chi connectivity index (χ0) is 39.2. The Morgan fingerprint density at radius 2 is 1.82 bits per heavy atom. The molecule has 5 atom stereocenters. The topological polar surface area (TPSA) is 186 Å². The van der Waals surface area contributed by atoms with E-state index in [0.717, 1.165) is 23.8 Å². The molecular formula is C41H45N5O9S. The van der Waals surface area contributed by atoms with E-state index in [2.05, 4.69) is 15.4 Å². The van der Waals surface area contributed by atoms with Gasteiger partial charge in [-0.25, -0.2) is 13.4 Å². The average molecular weight is 784 g/mol. The van der Waals surface area contributed by atoms with Crippen LogP contribution in [-0.2, 0) is 29.2 Å². The monoisotopic (exact) mass is 783 g/mol. The number of rotatable bonds is 8. The predicted octanol–water partition coefficient (Wildman–Crippen LogP) is 4.51. The molecule has 4 heterocycles. The molecule has 0 spiro atoms. The van der Waals surface area contributed by atoms with Gasteiger partial charge in [-0.2, -0.15) is 0 Å². The fourth-order valence-corrected chi connectivity index (χ4v) is 9.29. The fourth-order valence-electron chi connectivity index (χ4n) is 7.92. The lowest BCUT2D eigenvalue weighted by atomic mass is 10.0. The van der Waals surface area contributed by atoms with Crippen molar-refractivity contribution in [3.05, 3.63) is 66.7 Å². The molecule has 2 aliphatic carbocycles. The number of ether oxygens (including phenoxy) is 2. The summed E-state index contributed by atoms with van der Waals surface area (Å²) in [5, 5.41) is 5.85. The van der Waals surface area contributed by atoms with Crippen LogP contribution in [-0.4, -0.2) is 84.6 Å². The predicted molar refractivity (Wildman–Crippen MR) is 207 cm³/mol. The lowest BCUT2D eigenvalue weighted by Crippen LogP contribution is -2.58. The largest absolute Gasteiger partial charge is 0.497 e. The van der Waals surface area contributed by atoms with Crippen molar-refractivity contribution in [2.75, 3.05) is 13.7 Å². The summed E-state index contributed by atoms with van der Waals surface area (Å²) in [5.74, 6) is -1.59. The summed E-state index contributed by atoms with van der Waals surface area (Å²) in [6.45, 7) is 1.34. The highest BCUT2D eigenvalue weighted by Gasteiger charge is 2.62. The number of furan rings is 1. The molecule has 8 rings (SSSR count). The van der Waals surface area contributed by atoms with E-state index in [4.69, 9.17) is 18.9 Å². The standard InChI is InChI=1S/C41H45N5O9S/c1-24(47)42-31-12-7-5-3-4-6-10-26-22-41(26,40(50)45-56(51,52)29-18-19-29)44-38(48)33-20-28(23-46(33)39(31)49)54-35-21-32(25-14-16-27(53-2)17-15-25)43-36-30-11-8-9-13-34(30)55-37(35)36/h6,8-11,13-17,21,26,28-29,31,33H,3-5,7,12,18-20,22-23H2,1-2H3,(H,42,47)(H,44,48)(H,45,50)/t26-,28-,31+,33+,41-/m1/s1. The van der Waals surface area contributed by atoms with Gasteiger partial charge in [-0.1, -0.05) is 37.1 Å². The highest BCUT2D eigenvalue weighted by Crippen LogP contribution is 2.46. The van der Waals surface area contributed by atoms with Gasteiger partial charge >= 0.3 is 0 Å². The number of pyridine rings is 1. The second-order valence-electron chi connectivity index (χ2n) is 15.3. The number of amides is 4. The third kappa shape index (κ3) is 7.43. The van der Waals surface area contributed by atoms with Crippen molar-refractivity contribution in [3.63, 3.8) is 0 Å². The minimum absolute atomic E-state index is 0.00644. The quantitative estimate of drug-likeness (QED) is 0.215. The smallest absolute Gasteiger partial charge is 0.259 e. The molecule has 2 aromatic carbocycles. The Bertz CT molecular complexity index is 2340. The molecule has 56 heavy (non-hydrogen) atoms. The number of nitrogens with one attached hydrogen (secondary N) is 3. The minimum atomic E-state index is -3.89. The van der Waals surface area contributed by atoms with E-state index in [1.165, 1.54) is 11.8 Å². The number of carbonyl (C=O) groups excluding carboxylic acids is 4. The number of allylic oxidation sites excluding steroid dienone is 1. The van der Waals surface area contributed by atoms with Gasteiger partial charge in [0, 0.05) is 36.3 Å². The van der Waals surface area contributed by atoms with E-state index in [0.29, 0.717) is 66.0 Å². The summed E-state index contributed by atoms with van der Waals surface area (Å²) in [4.78, 5) is 61.3. The molecule has 4 amide bonds. The SMILES string of the molecule is COc1ccc(-c2cc(O[C@@H]3C[C@H]4C(=O)N[C@]5(C(=O)NS(=O)(=O)C6CC6)C[C@H]5C=CCCCCC[C@H](NC(C)=O)C(=O)N4C3)c3oc4ccccc4c3n2)cc1. The molecule has 3 N–H and O–H groups in total. The molecule has 2 aliphatic heterocycles. The zero-order valence-corrected chi connectivity index (χ0v) is 32.1. The van der Waals surface area contributed by atoms with Gasteiger partial charge in [-0.15, -0.1) is 0 Å². The second-order valence-corrected chi connectivity index (χ2v) is 17.2. The number of carbonyl (C=O) groups is 4. The number of aromatic nitrogens is 1. The molecule has 0 unspecified atom stereocenters. The highest BCUT2D eigenvalue weighted by molar-refractivity contribution is 7.91. The molecular weight excluding hydrogens is 739 g/mol. The molecule has 14 nitrogen and oxygen atoms in total. The Kier molecular flexibility index (Phi) is 9.97. The first-order chi connectivity index (χ1) is 27.0. The van der Waals surface area contributed by atoms with Crippen LogP contribution in [0, 0.1) is 5.92 Å². The summed E-state index contributed by atoms with van der Waals surface area (Å²) < 4.78 is 46.3. The van der Waals surface area contributed by atoms with Crippen molar-refractivity contribution in [3.8, 4) is 22.8 Å². The van der Waals surface area contributed by atoms with Crippen LogP contribution in [0.3, 0.4) is 0 Å². The summed E-state index contributed by atoms with van der Waals surface area (Å²) >= 11 is 0. The van der Waals surface area contributed by atoms with E-state index in [1.807, 2.05) is 60.7 Å². The van der Waals surface area contributed by atoms with E-state index >= 15 is 0 Å². The number of fused-ring (bicyclic) bond motifs is 5. The summed E-state index contributed by atoms with van der Waals surface area (Å²) in [5.41, 5.74) is 1.50. The maximum absolute atomic E-state index is 14.4. The Hall–Kier alpha value is -5.44. The van der Waals surface area contributed by atoms with E-state index in [1.54, 1.807) is 13.2 Å². The van der Waals surface area contributed by atoms with Crippen LogP contribution in [0.1, 0.15) is 64.7 Å². The van der Waals surface area contributed by atoms with Crippen LogP contribution in [0.4, 0.5) is 0 Å². The highest BCUT2D eigenvalue weighted by atomic mass is 32.2. The van der Waals surface area contributed by atoms with Crippen LogP contribution in [0.2, 0.25) is 0 Å². The first-order valence-electron chi connectivity index (χ1n) is 19.2. The van der Waals surface area contributed by atoms with Crippen molar-refractivity contribution < 1.29 is 41.5 Å². The van der Waals surface area contributed by atoms with Gasteiger partial charge in [0.1, 0.15) is 40.6 Å². The van der Waals surface area contributed by atoms with Gasteiger partial charge in [0.2, 0.25) is 27.7 Å². The van der Waals surface area contributed by atoms with Gasteiger partial charge in [0.25, 0.3) is 5.91 Å². The van der Waals surface area contributed by atoms with Gasteiger partial charge in [-0.05, 0) is 74.9 Å². The van der Waals surface area contributed by atoms with Crippen LogP contribution < -0.4 is 24.8 Å². The van der Waals surface area contributed by atoms with Crippen molar-refractivity contribution in [1.82, 2.24) is 25.2 Å². The van der Waals surface area contributed by atoms with Crippen molar-refractivity contribution in [2.24, 2.45) is 5.92 Å². The van der Waals surface area contributed by atoms with Crippen molar-refractivity contribution >= 4 is 55.7 Å². The molecule has 0 bridgehead atoms. The average Bonchev–Trinajstić information content (AvgIpc) is 4.08. The van der Waals surface area contributed by atoms with Gasteiger partial charge in [0.05, 0.1) is 24.6 Å². The number of sulfonamides is 1. The maximum atomic E-state index is 14.4. The van der Waals surface area contributed by atoms with Crippen LogP contribution in [0.25, 0.3) is 33.3 Å². The summed E-state index contributed by atoms with van der Waals surface area (Å²) in [7, 11) is -2.30. The van der Waals surface area contributed by atoms with Crippen LogP contribution in [0.15, 0.2) is 71.2 Å². The molecule has 4 aliphatic rings. The first kappa shape index (κ1) is 37.5. The van der Waals surface area contributed by atoms with Gasteiger partial charge in [-0.3, -0.25) is 23.9 Å². The normalized spacial score (nSPS) is 25.7. The Morgan fingerprint density at radius 1 is 1.04 bits per heavy atom. The van der Waals surface area contributed by atoms with Gasteiger partial charge in [0.15, 0.2) is 11.3 Å². The molecule has 3 fully saturated rings. The number of nitrogens with zero attached hydrogens (tertiary/aromatic N) is 2. The zero-order valence-electron chi connectivity index (χ0n) is 31.3.